The molecule has 0 spiro atoms. The van der Waals surface area contributed by atoms with Gasteiger partial charge in [-0.25, -0.2) is 9.37 Å². The monoisotopic (exact) mass is 337 g/mol. The lowest BCUT2D eigenvalue weighted by Crippen LogP contribution is -1.97. The zero-order valence-corrected chi connectivity index (χ0v) is 11.3. The first kappa shape index (κ1) is 13.9. The maximum absolute atomic E-state index is 13.1. The van der Waals surface area contributed by atoms with E-state index in [4.69, 9.17) is 10.00 Å². The molecule has 8 heteroatoms. The molecule has 1 aromatic carbocycles. The summed E-state index contributed by atoms with van der Waals surface area (Å²) in [7, 11) is 0. The van der Waals surface area contributed by atoms with Crippen molar-refractivity contribution in [2.45, 2.75) is 0 Å². The smallest absolute Gasteiger partial charge is 0.332 e. The number of aromatic nitrogens is 1. The number of rotatable bonds is 3. The van der Waals surface area contributed by atoms with Crippen molar-refractivity contribution in [3.8, 4) is 17.7 Å². The predicted octanol–water partition coefficient (Wildman–Crippen LogP) is 3.56. The molecule has 0 amide bonds. The second-order valence-corrected chi connectivity index (χ2v) is 4.45. The summed E-state index contributed by atoms with van der Waals surface area (Å²) in [6.07, 6.45) is 1.15. The van der Waals surface area contributed by atoms with Gasteiger partial charge in [-0.2, -0.15) is 5.26 Å². The van der Waals surface area contributed by atoms with Crippen molar-refractivity contribution in [3.63, 3.8) is 0 Å². The Morgan fingerprint density at radius 1 is 1.45 bits per heavy atom. The molecule has 20 heavy (non-hydrogen) atoms. The lowest BCUT2D eigenvalue weighted by Gasteiger charge is -2.06. The SMILES string of the molecule is N#Cc1cnc(Oc2ccc(F)c(Br)c2)c([N+](=O)[O-])c1. The summed E-state index contributed by atoms with van der Waals surface area (Å²) in [5, 5.41) is 19.6. The van der Waals surface area contributed by atoms with Crippen LogP contribution < -0.4 is 4.74 Å². The van der Waals surface area contributed by atoms with Crippen molar-refractivity contribution >= 4 is 21.6 Å². The lowest BCUT2D eigenvalue weighted by molar-refractivity contribution is -0.386. The first-order valence-corrected chi connectivity index (χ1v) is 5.98. The van der Waals surface area contributed by atoms with E-state index < -0.39 is 16.4 Å². The molecular formula is C12H5BrFN3O3. The quantitative estimate of drug-likeness (QED) is 0.631. The predicted molar refractivity (Wildman–Crippen MR) is 69.8 cm³/mol. The maximum Gasteiger partial charge on any atom is 0.332 e. The molecule has 0 saturated carbocycles. The molecule has 0 N–H and O–H groups in total. The summed E-state index contributed by atoms with van der Waals surface area (Å²) in [4.78, 5) is 13.9. The Labute approximate surface area is 120 Å². The molecule has 0 fully saturated rings. The Morgan fingerprint density at radius 3 is 2.80 bits per heavy atom. The van der Waals surface area contributed by atoms with Crippen molar-refractivity contribution in [3.05, 3.63) is 56.4 Å². The average molecular weight is 338 g/mol. The summed E-state index contributed by atoms with van der Waals surface area (Å²) >= 11 is 2.98. The summed E-state index contributed by atoms with van der Waals surface area (Å²) in [5.74, 6) is -0.578. The van der Waals surface area contributed by atoms with Gasteiger partial charge < -0.3 is 4.74 Å². The zero-order chi connectivity index (χ0) is 14.7. The number of nitrogens with zero attached hydrogens (tertiary/aromatic N) is 3. The Morgan fingerprint density at radius 2 is 2.20 bits per heavy atom. The minimum Gasteiger partial charge on any atom is -0.434 e. The van der Waals surface area contributed by atoms with Gasteiger partial charge in [0.15, 0.2) is 0 Å². The third-order valence-corrected chi connectivity index (χ3v) is 2.87. The highest BCUT2D eigenvalue weighted by molar-refractivity contribution is 9.10. The van der Waals surface area contributed by atoms with Crippen LogP contribution >= 0.6 is 15.9 Å². The van der Waals surface area contributed by atoms with E-state index in [1.165, 1.54) is 12.1 Å². The van der Waals surface area contributed by atoms with E-state index in [1.54, 1.807) is 6.07 Å². The standard InChI is InChI=1S/C12H5BrFN3O3/c13-9-4-8(1-2-10(9)14)20-12-11(17(18)19)3-7(5-15)6-16-12/h1-4,6H. The fraction of sp³-hybridized carbons (Fsp3) is 0. The fourth-order valence-corrected chi connectivity index (χ4v) is 1.72. The third kappa shape index (κ3) is 2.89. The van der Waals surface area contributed by atoms with Gasteiger partial charge in [-0.05, 0) is 34.1 Å². The van der Waals surface area contributed by atoms with Crippen LogP contribution in [0.15, 0.2) is 34.9 Å². The molecular weight excluding hydrogens is 333 g/mol. The molecule has 1 aromatic heterocycles. The number of pyridine rings is 1. The van der Waals surface area contributed by atoms with Gasteiger partial charge in [0.1, 0.15) is 17.6 Å². The second-order valence-electron chi connectivity index (χ2n) is 3.60. The fourth-order valence-electron chi connectivity index (χ4n) is 1.36. The highest BCUT2D eigenvalue weighted by Crippen LogP contribution is 2.31. The number of ether oxygens (including phenoxy) is 1. The van der Waals surface area contributed by atoms with E-state index in [-0.39, 0.29) is 21.7 Å². The van der Waals surface area contributed by atoms with Gasteiger partial charge in [0.2, 0.25) is 0 Å². The van der Waals surface area contributed by atoms with Gasteiger partial charge in [-0.3, -0.25) is 10.1 Å². The molecule has 0 bridgehead atoms. The number of hydrogen-bond acceptors (Lipinski definition) is 5. The van der Waals surface area contributed by atoms with Crippen molar-refractivity contribution in [2.24, 2.45) is 0 Å². The Hall–Kier alpha value is -2.53. The number of benzene rings is 1. The second kappa shape index (κ2) is 5.63. The van der Waals surface area contributed by atoms with Gasteiger partial charge in [0, 0.05) is 12.3 Å². The highest BCUT2D eigenvalue weighted by atomic mass is 79.9. The summed E-state index contributed by atoms with van der Waals surface area (Å²) in [5.41, 5.74) is -0.395. The highest BCUT2D eigenvalue weighted by Gasteiger charge is 2.19. The topological polar surface area (TPSA) is 89.0 Å². The van der Waals surface area contributed by atoms with Crippen LogP contribution in [0.5, 0.6) is 11.6 Å². The molecule has 0 unspecified atom stereocenters. The molecule has 0 atom stereocenters. The third-order valence-electron chi connectivity index (χ3n) is 2.26. The summed E-state index contributed by atoms with van der Waals surface area (Å²) in [6, 6.07) is 6.58. The minimum atomic E-state index is -0.707. The van der Waals surface area contributed by atoms with Crippen molar-refractivity contribution in [1.82, 2.24) is 4.98 Å². The molecule has 100 valence electrons. The normalized spacial score (nSPS) is 9.85. The van der Waals surface area contributed by atoms with Crippen LogP contribution in [0.1, 0.15) is 5.56 Å². The summed E-state index contributed by atoms with van der Waals surface area (Å²) in [6.45, 7) is 0. The lowest BCUT2D eigenvalue weighted by atomic mass is 10.3. The molecule has 0 aliphatic carbocycles. The molecule has 6 nitrogen and oxygen atoms in total. The molecule has 1 heterocycles. The van der Waals surface area contributed by atoms with Crippen LogP contribution in [0.4, 0.5) is 10.1 Å². The molecule has 0 radical (unpaired) electrons. The van der Waals surface area contributed by atoms with Crippen LogP contribution in [0.2, 0.25) is 0 Å². The van der Waals surface area contributed by atoms with Crippen LogP contribution in [-0.4, -0.2) is 9.91 Å². The van der Waals surface area contributed by atoms with E-state index in [0.29, 0.717) is 0 Å². The Kier molecular flexibility index (Phi) is 3.91. The molecule has 0 aliphatic heterocycles. The molecule has 2 aromatic rings. The van der Waals surface area contributed by atoms with E-state index in [1.807, 2.05) is 0 Å². The number of nitriles is 1. The minimum absolute atomic E-state index is 0.0457. The first-order valence-electron chi connectivity index (χ1n) is 5.18. The van der Waals surface area contributed by atoms with Gasteiger partial charge in [0.25, 0.3) is 5.88 Å². The van der Waals surface area contributed by atoms with Gasteiger partial charge in [-0.15, -0.1) is 0 Å². The van der Waals surface area contributed by atoms with Crippen molar-refractivity contribution in [2.75, 3.05) is 0 Å². The van der Waals surface area contributed by atoms with E-state index in [9.17, 15) is 14.5 Å². The van der Waals surface area contributed by atoms with E-state index in [2.05, 4.69) is 20.9 Å². The number of hydrogen-bond donors (Lipinski definition) is 0. The van der Waals surface area contributed by atoms with Crippen molar-refractivity contribution in [1.29, 1.82) is 5.26 Å². The Bertz CT molecular complexity index is 730. The van der Waals surface area contributed by atoms with Gasteiger partial charge in [0.05, 0.1) is 15.0 Å². The average Bonchev–Trinajstić information content (AvgIpc) is 2.43. The molecule has 0 aliphatic rings. The van der Waals surface area contributed by atoms with Gasteiger partial charge >= 0.3 is 5.69 Å². The van der Waals surface area contributed by atoms with Crippen LogP contribution in [-0.2, 0) is 0 Å². The Balaban J connectivity index is 2.40. The number of nitro groups is 1. The summed E-state index contributed by atoms with van der Waals surface area (Å²) < 4.78 is 18.5. The van der Waals surface area contributed by atoms with E-state index >= 15 is 0 Å². The van der Waals surface area contributed by atoms with Crippen LogP contribution in [0.3, 0.4) is 0 Å². The van der Waals surface area contributed by atoms with Gasteiger partial charge in [-0.1, -0.05) is 0 Å². The first-order chi connectivity index (χ1) is 9.51. The van der Waals surface area contributed by atoms with Crippen LogP contribution in [0.25, 0.3) is 0 Å². The molecule has 2 rings (SSSR count). The van der Waals surface area contributed by atoms with Crippen molar-refractivity contribution < 1.29 is 14.1 Å². The zero-order valence-electron chi connectivity index (χ0n) is 9.71. The molecule has 0 saturated heterocycles. The van der Waals surface area contributed by atoms with E-state index in [0.717, 1.165) is 18.3 Å². The maximum atomic E-state index is 13.1. The largest absolute Gasteiger partial charge is 0.434 e. The van der Waals surface area contributed by atoms with Crippen LogP contribution in [0, 0.1) is 27.3 Å². The number of halogens is 2.